The van der Waals surface area contributed by atoms with Gasteiger partial charge in [0.25, 0.3) is 0 Å². The van der Waals surface area contributed by atoms with E-state index in [1.807, 2.05) is 18.2 Å². The summed E-state index contributed by atoms with van der Waals surface area (Å²) in [6, 6.07) is 14.7. The van der Waals surface area contributed by atoms with Crippen LogP contribution in [-0.4, -0.2) is 0 Å². The summed E-state index contributed by atoms with van der Waals surface area (Å²) in [5.41, 5.74) is 3.79. The van der Waals surface area contributed by atoms with Gasteiger partial charge in [0.1, 0.15) is 0 Å². The first-order valence-corrected chi connectivity index (χ1v) is 8.58. The lowest BCUT2D eigenvalue weighted by Gasteiger charge is -2.20. The minimum Gasteiger partial charge on any atom is -0.0827 e. The molecule has 106 valence electrons. The van der Waals surface area contributed by atoms with Crippen LogP contribution in [0.4, 0.5) is 0 Å². The summed E-state index contributed by atoms with van der Waals surface area (Å²) in [5.74, 6) is 0. The van der Waals surface area contributed by atoms with E-state index in [1.165, 1.54) is 11.1 Å². The van der Waals surface area contributed by atoms with Crippen LogP contribution in [0, 0.1) is 0 Å². The van der Waals surface area contributed by atoms with Crippen LogP contribution >= 0.6 is 43.5 Å². The molecule has 3 heteroatoms. The number of benzene rings is 2. The minimum atomic E-state index is 0.0986. The van der Waals surface area contributed by atoms with E-state index in [1.54, 1.807) is 0 Å². The third-order valence-corrected chi connectivity index (χ3v) is 5.66. The van der Waals surface area contributed by atoms with Gasteiger partial charge >= 0.3 is 0 Å². The molecular formula is C17H17Br2Cl. The summed E-state index contributed by atoms with van der Waals surface area (Å²) in [7, 11) is 0. The monoisotopic (exact) mass is 414 g/mol. The van der Waals surface area contributed by atoms with Crippen LogP contribution in [0.3, 0.4) is 0 Å². The van der Waals surface area contributed by atoms with E-state index < -0.39 is 0 Å². The van der Waals surface area contributed by atoms with Crippen LogP contribution in [0.15, 0.2) is 46.9 Å². The minimum absolute atomic E-state index is 0.0986. The van der Waals surface area contributed by atoms with Gasteiger partial charge in [-0.25, -0.2) is 0 Å². The largest absolute Gasteiger partial charge is 0.0827 e. The fourth-order valence-corrected chi connectivity index (χ4v) is 3.48. The predicted octanol–water partition coefficient (Wildman–Crippen LogP) is 6.88. The number of rotatable bonds is 2. The number of hydrogen-bond acceptors (Lipinski definition) is 0. The molecule has 0 amide bonds. The maximum Gasteiger partial charge on any atom is 0.0659 e. The molecule has 2 aromatic carbocycles. The van der Waals surface area contributed by atoms with Gasteiger partial charge in [-0.2, -0.15) is 0 Å². The molecule has 0 aliphatic carbocycles. The quantitative estimate of drug-likeness (QED) is 0.468. The molecule has 1 unspecified atom stereocenters. The number of hydrogen-bond donors (Lipinski definition) is 0. The van der Waals surface area contributed by atoms with Crippen molar-refractivity contribution in [1.29, 1.82) is 0 Å². The van der Waals surface area contributed by atoms with Crippen molar-refractivity contribution in [2.75, 3.05) is 0 Å². The zero-order valence-electron chi connectivity index (χ0n) is 11.8. The molecule has 0 aliphatic heterocycles. The first-order chi connectivity index (χ1) is 9.30. The molecule has 0 saturated heterocycles. The smallest absolute Gasteiger partial charge is 0.0659 e. The lowest BCUT2D eigenvalue weighted by atomic mass is 9.86. The van der Waals surface area contributed by atoms with Crippen molar-refractivity contribution in [2.45, 2.75) is 31.0 Å². The molecule has 0 aliphatic rings. The van der Waals surface area contributed by atoms with Gasteiger partial charge in [-0.15, -0.1) is 0 Å². The molecule has 0 heterocycles. The highest BCUT2D eigenvalue weighted by atomic mass is 79.9. The molecule has 0 saturated carbocycles. The molecule has 20 heavy (non-hydrogen) atoms. The number of halogens is 3. The van der Waals surface area contributed by atoms with Crippen molar-refractivity contribution >= 4 is 43.5 Å². The first-order valence-electron chi connectivity index (χ1n) is 6.49. The zero-order chi connectivity index (χ0) is 14.9. The van der Waals surface area contributed by atoms with Gasteiger partial charge in [0.15, 0.2) is 0 Å². The van der Waals surface area contributed by atoms with E-state index in [2.05, 4.69) is 76.9 Å². The molecule has 0 N–H and O–H groups in total. The molecule has 0 aromatic heterocycles. The lowest BCUT2D eigenvalue weighted by molar-refractivity contribution is 0.590. The Morgan fingerprint density at radius 2 is 1.60 bits per heavy atom. The molecular weight excluding hydrogens is 399 g/mol. The van der Waals surface area contributed by atoms with Gasteiger partial charge in [-0.05, 0) is 44.1 Å². The highest BCUT2D eigenvalue weighted by Crippen LogP contribution is 2.38. The standard InChI is InChI=1S/C17H17Br2Cl/c1-17(2,3)12-9-7-11(8-10-12)15(19)13-5-4-6-14(18)16(13)20/h4-10,15H,1-3H3. The van der Waals surface area contributed by atoms with E-state index in [0.29, 0.717) is 0 Å². The Labute approximate surface area is 142 Å². The average molecular weight is 417 g/mol. The Morgan fingerprint density at radius 3 is 2.15 bits per heavy atom. The molecule has 2 aromatic rings. The van der Waals surface area contributed by atoms with E-state index >= 15 is 0 Å². The third kappa shape index (κ3) is 3.47. The summed E-state index contributed by atoms with van der Waals surface area (Å²) >= 11 is 13.6. The molecule has 0 fully saturated rings. The van der Waals surface area contributed by atoms with E-state index in [-0.39, 0.29) is 10.2 Å². The van der Waals surface area contributed by atoms with Crippen LogP contribution in [0.2, 0.25) is 5.02 Å². The highest BCUT2D eigenvalue weighted by molar-refractivity contribution is 9.10. The van der Waals surface area contributed by atoms with Crippen LogP contribution in [0.5, 0.6) is 0 Å². The Morgan fingerprint density at radius 1 is 1.00 bits per heavy atom. The van der Waals surface area contributed by atoms with Gasteiger partial charge < -0.3 is 0 Å². The van der Waals surface area contributed by atoms with Gasteiger partial charge in [0.05, 0.1) is 9.85 Å². The van der Waals surface area contributed by atoms with Gasteiger partial charge in [-0.1, -0.05) is 84.7 Å². The van der Waals surface area contributed by atoms with Crippen molar-refractivity contribution in [1.82, 2.24) is 0 Å². The van der Waals surface area contributed by atoms with Crippen LogP contribution < -0.4 is 0 Å². The maximum atomic E-state index is 6.36. The maximum absolute atomic E-state index is 6.36. The second kappa shape index (κ2) is 6.21. The predicted molar refractivity (Wildman–Crippen MR) is 95.1 cm³/mol. The number of alkyl halides is 1. The van der Waals surface area contributed by atoms with E-state index in [9.17, 15) is 0 Å². The Balaban J connectivity index is 2.34. The molecule has 0 bridgehead atoms. The van der Waals surface area contributed by atoms with Crippen molar-refractivity contribution in [3.05, 3.63) is 68.7 Å². The average Bonchev–Trinajstić information content (AvgIpc) is 2.40. The summed E-state index contributed by atoms with van der Waals surface area (Å²) in [6.07, 6.45) is 0. The summed E-state index contributed by atoms with van der Waals surface area (Å²) in [4.78, 5) is 0.0986. The van der Waals surface area contributed by atoms with Crippen LogP contribution in [-0.2, 0) is 5.41 Å². The summed E-state index contributed by atoms with van der Waals surface area (Å²) < 4.78 is 0.924. The zero-order valence-corrected chi connectivity index (χ0v) is 15.7. The first kappa shape index (κ1) is 16.1. The normalized spacial score (nSPS) is 13.3. The molecule has 2 rings (SSSR count). The van der Waals surface area contributed by atoms with Crippen molar-refractivity contribution in [3.63, 3.8) is 0 Å². The third-order valence-electron chi connectivity index (χ3n) is 3.32. The van der Waals surface area contributed by atoms with Gasteiger partial charge in [-0.3, -0.25) is 0 Å². The molecule has 0 radical (unpaired) electrons. The second-order valence-corrected chi connectivity index (χ2v) is 8.03. The van der Waals surface area contributed by atoms with E-state index in [0.717, 1.165) is 15.1 Å². The van der Waals surface area contributed by atoms with Crippen molar-refractivity contribution in [2.24, 2.45) is 0 Å². The fourth-order valence-electron chi connectivity index (χ4n) is 2.05. The Hall–Kier alpha value is -0.310. The van der Waals surface area contributed by atoms with Crippen molar-refractivity contribution < 1.29 is 0 Å². The SMILES string of the molecule is CC(C)(C)c1ccc(C(Br)c2cccc(Br)c2Cl)cc1. The Kier molecular flexibility index (Phi) is 4.99. The summed E-state index contributed by atoms with van der Waals surface area (Å²) in [6.45, 7) is 6.66. The topological polar surface area (TPSA) is 0 Å². The molecule has 0 nitrogen and oxygen atoms in total. The highest BCUT2D eigenvalue weighted by Gasteiger charge is 2.17. The fraction of sp³-hybridized carbons (Fsp3) is 0.294. The van der Waals surface area contributed by atoms with Gasteiger partial charge in [0, 0.05) is 4.47 Å². The van der Waals surface area contributed by atoms with E-state index in [4.69, 9.17) is 11.6 Å². The molecule has 1 atom stereocenters. The lowest BCUT2D eigenvalue weighted by Crippen LogP contribution is -2.10. The van der Waals surface area contributed by atoms with Crippen molar-refractivity contribution in [3.8, 4) is 0 Å². The summed E-state index contributed by atoms with van der Waals surface area (Å²) in [5, 5.41) is 0.759. The van der Waals surface area contributed by atoms with Gasteiger partial charge in [0.2, 0.25) is 0 Å². The van der Waals surface area contributed by atoms with Crippen LogP contribution in [0.25, 0.3) is 0 Å². The second-order valence-electron chi connectivity index (χ2n) is 5.88. The molecule has 0 spiro atoms. The Bertz CT molecular complexity index is 597. The van der Waals surface area contributed by atoms with Crippen LogP contribution in [0.1, 0.15) is 42.3 Å².